The molecule has 0 aliphatic carbocycles. The minimum Gasteiger partial charge on any atom is -0.312 e. The van der Waals surface area contributed by atoms with Crippen LogP contribution < -0.4 is 5.32 Å². The highest BCUT2D eigenvalue weighted by molar-refractivity contribution is 4.75. The van der Waals surface area contributed by atoms with E-state index < -0.39 is 0 Å². The van der Waals surface area contributed by atoms with E-state index in [0.29, 0.717) is 12.1 Å². The Morgan fingerprint density at radius 3 is 2.46 bits per heavy atom. The third kappa shape index (κ3) is 5.06. The number of hydrogen-bond acceptors (Lipinski definition) is 2. The molecular formula is C11H24N2. The molecule has 0 heterocycles. The Kier molecular flexibility index (Phi) is 6.92. The summed E-state index contributed by atoms with van der Waals surface area (Å²) in [7, 11) is 2.19. The van der Waals surface area contributed by atoms with Crippen LogP contribution in [0, 0.1) is 0 Å². The summed E-state index contributed by atoms with van der Waals surface area (Å²) < 4.78 is 0. The van der Waals surface area contributed by atoms with Crippen molar-refractivity contribution in [2.45, 2.75) is 39.3 Å². The first-order chi connectivity index (χ1) is 6.13. The molecule has 0 amide bonds. The second kappa shape index (κ2) is 7.10. The predicted molar refractivity (Wildman–Crippen MR) is 60.0 cm³/mol. The number of hydrogen-bond donors (Lipinski definition) is 1. The van der Waals surface area contributed by atoms with E-state index in [-0.39, 0.29) is 0 Å². The van der Waals surface area contributed by atoms with Gasteiger partial charge in [0.15, 0.2) is 0 Å². The monoisotopic (exact) mass is 184 g/mol. The van der Waals surface area contributed by atoms with Gasteiger partial charge in [0.05, 0.1) is 0 Å². The van der Waals surface area contributed by atoms with Gasteiger partial charge < -0.3 is 5.32 Å². The zero-order chi connectivity index (χ0) is 10.3. The standard InChI is InChI=1S/C11H24N2/c1-6-8-12-9-11(4)13(5)10(3)7-2/h6,10-12H,1,7-9H2,2-5H3. The lowest BCUT2D eigenvalue weighted by Crippen LogP contribution is -2.42. The van der Waals surface area contributed by atoms with Crippen molar-refractivity contribution in [3.05, 3.63) is 12.7 Å². The van der Waals surface area contributed by atoms with Crippen LogP contribution in [-0.2, 0) is 0 Å². The van der Waals surface area contributed by atoms with Gasteiger partial charge in [0, 0.05) is 25.2 Å². The molecule has 0 bridgehead atoms. The molecule has 0 aromatic heterocycles. The van der Waals surface area contributed by atoms with Crippen LogP contribution in [-0.4, -0.2) is 37.1 Å². The Bertz CT molecular complexity index is 134. The maximum absolute atomic E-state index is 3.68. The summed E-state index contributed by atoms with van der Waals surface area (Å²) in [5.74, 6) is 0. The molecule has 1 N–H and O–H groups in total. The lowest BCUT2D eigenvalue weighted by atomic mass is 10.2. The van der Waals surface area contributed by atoms with Crippen LogP contribution in [0.1, 0.15) is 27.2 Å². The second-order valence-corrected chi connectivity index (χ2v) is 3.72. The summed E-state index contributed by atoms with van der Waals surface area (Å²) in [6.07, 6.45) is 3.11. The fourth-order valence-corrected chi connectivity index (χ4v) is 1.26. The first-order valence-electron chi connectivity index (χ1n) is 5.17. The molecule has 13 heavy (non-hydrogen) atoms. The van der Waals surface area contributed by atoms with Gasteiger partial charge in [-0.2, -0.15) is 0 Å². The lowest BCUT2D eigenvalue weighted by molar-refractivity contribution is 0.189. The van der Waals surface area contributed by atoms with E-state index in [2.05, 4.69) is 44.6 Å². The number of nitrogens with zero attached hydrogens (tertiary/aromatic N) is 1. The zero-order valence-corrected chi connectivity index (χ0v) is 9.51. The van der Waals surface area contributed by atoms with Crippen molar-refractivity contribution < 1.29 is 0 Å². The van der Waals surface area contributed by atoms with Gasteiger partial charge in [-0.3, -0.25) is 4.90 Å². The molecule has 2 nitrogen and oxygen atoms in total. The van der Waals surface area contributed by atoms with Crippen molar-refractivity contribution in [1.29, 1.82) is 0 Å². The van der Waals surface area contributed by atoms with E-state index in [1.54, 1.807) is 0 Å². The van der Waals surface area contributed by atoms with E-state index >= 15 is 0 Å². The third-order valence-corrected chi connectivity index (χ3v) is 2.71. The highest BCUT2D eigenvalue weighted by Gasteiger charge is 2.12. The summed E-state index contributed by atoms with van der Waals surface area (Å²) >= 11 is 0. The molecule has 0 fully saturated rings. The summed E-state index contributed by atoms with van der Waals surface area (Å²) in [5, 5.41) is 3.33. The summed E-state index contributed by atoms with van der Waals surface area (Å²) in [6.45, 7) is 12.4. The average molecular weight is 184 g/mol. The van der Waals surface area contributed by atoms with Gasteiger partial charge >= 0.3 is 0 Å². The number of rotatable bonds is 7. The number of nitrogens with one attached hydrogen (secondary N) is 1. The molecule has 2 heteroatoms. The molecular weight excluding hydrogens is 160 g/mol. The van der Waals surface area contributed by atoms with E-state index in [0.717, 1.165) is 13.1 Å². The van der Waals surface area contributed by atoms with Gasteiger partial charge in [-0.05, 0) is 27.3 Å². The number of likely N-dealkylation sites (N-methyl/N-ethyl adjacent to an activating group) is 1. The maximum Gasteiger partial charge on any atom is 0.0192 e. The van der Waals surface area contributed by atoms with Crippen LogP contribution >= 0.6 is 0 Å². The smallest absolute Gasteiger partial charge is 0.0192 e. The molecule has 0 saturated heterocycles. The Morgan fingerprint density at radius 1 is 1.38 bits per heavy atom. The molecule has 0 aromatic carbocycles. The van der Waals surface area contributed by atoms with E-state index in [9.17, 15) is 0 Å². The summed E-state index contributed by atoms with van der Waals surface area (Å²) in [5.41, 5.74) is 0. The van der Waals surface area contributed by atoms with Crippen molar-refractivity contribution >= 4 is 0 Å². The van der Waals surface area contributed by atoms with Crippen LogP contribution in [0.5, 0.6) is 0 Å². The first kappa shape index (κ1) is 12.7. The van der Waals surface area contributed by atoms with E-state index in [4.69, 9.17) is 0 Å². The third-order valence-electron chi connectivity index (χ3n) is 2.71. The molecule has 0 aliphatic heterocycles. The molecule has 78 valence electrons. The van der Waals surface area contributed by atoms with Crippen molar-refractivity contribution in [2.75, 3.05) is 20.1 Å². The van der Waals surface area contributed by atoms with Gasteiger partial charge in [-0.15, -0.1) is 6.58 Å². The van der Waals surface area contributed by atoms with Crippen molar-refractivity contribution in [2.24, 2.45) is 0 Å². The van der Waals surface area contributed by atoms with Crippen LogP contribution in [0.2, 0.25) is 0 Å². The largest absolute Gasteiger partial charge is 0.312 e. The predicted octanol–water partition coefficient (Wildman–Crippen LogP) is 1.88. The SMILES string of the molecule is C=CCNCC(C)N(C)C(C)CC. The van der Waals surface area contributed by atoms with Crippen LogP contribution in [0.4, 0.5) is 0 Å². The fraction of sp³-hybridized carbons (Fsp3) is 0.818. The molecule has 2 atom stereocenters. The van der Waals surface area contributed by atoms with E-state index in [1.165, 1.54) is 6.42 Å². The van der Waals surface area contributed by atoms with Crippen molar-refractivity contribution in [3.63, 3.8) is 0 Å². The van der Waals surface area contributed by atoms with Crippen LogP contribution in [0.3, 0.4) is 0 Å². The molecule has 2 unspecified atom stereocenters. The first-order valence-corrected chi connectivity index (χ1v) is 5.17. The molecule has 0 radical (unpaired) electrons. The Morgan fingerprint density at radius 2 is 2.00 bits per heavy atom. The van der Waals surface area contributed by atoms with Gasteiger partial charge in [0.2, 0.25) is 0 Å². The fourth-order valence-electron chi connectivity index (χ4n) is 1.26. The van der Waals surface area contributed by atoms with Crippen molar-refractivity contribution in [1.82, 2.24) is 10.2 Å². The Hall–Kier alpha value is -0.340. The highest BCUT2D eigenvalue weighted by atomic mass is 15.2. The highest BCUT2D eigenvalue weighted by Crippen LogP contribution is 2.04. The van der Waals surface area contributed by atoms with Gasteiger partial charge in [-0.1, -0.05) is 13.0 Å². The van der Waals surface area contributed by atoms with Crippen LogP contribution in [0.25, 0.3) is 0 Å². The minimum absolute atomic E-state index is 0.592. The maximum atomic E-state index is 3.68. The molecule has 0 aliphatic rings. The summed E-state index contributed by atoms with van der Waals surface area (Å²) in [4.78, 5) is 2.41. The van der Waals surface area contributed by atoms with Crippen LogP contribution in [0.15, 0.2) is 12.7 Å². The Balaban J connectivity index is 3.67. The summed E-state index contributed by atoms with van der Waals surface area (Å²) in [6, 6.07) is 1.26. The normalized spacial score (nSPS) is 15.8. The Labute approximate surface area is 83.0 Å². The lowest BCUT2D eigenvalue weighted by Gasteiger charge is -2.30. The molecule has 0 rings (SSSR count). The topological polar surface area (TPSA) is 15.3 Å². The molecule has 0 saturated carbocycles. The van der Waals surface area contributed by atoms with Gasteiger partial charge in [0.25, 0.3) is 0 Å². The zero-order valence-electron chi connectivity index (χ0n) is 9.51. The molecule has 0 spiro atoms. The van der Waals surface area contributed by atoms with Crippen molar-refractivity contribution in [3.8, 4) is 0 Å². The average Bonchev–Trinajstić information content (AvgIpc) is 2.15. The van der Waals surface area contributed by atoms with Gasteiger partial charge in [0.1, 0.15) is 0 Å². The second-order valence-electron chi connectivity index (χ2n) is 3.72. The minimum atomic E-state index is 0.592. The van der Waals surface area contributed by atoms with E-state index in [1.807, 2.05) is 6.08 Å². The quantitative estimate of drug-likeness (QED) is 0.480. The van der Waals surface area contributed by atoms with Gasteiger partial charge in [-0.25, -0.2) is 0 Å². The molecule has 0 aromatic rings.